The fourth-order valence-corrected chi connectivity index (χ4v) is 1.55. The van der Waals surface area contributed by atoms with Crippen molar-refractivity contribution in [3.8, 4) is 0 Å². The van der Waals surface area contributed by atoms with E-state index in [-0.39, 0.29) is 28.9 Å². The average molecular weight is 317 g/mol. The fourth-order valence-electron chi connectivity index (χ4n) is 1.55. The second-order valence-corrected chi connectivity index (χ2v) is 6.71. The zero-order valence-electron chi connectivity index (χ0n) is 15.9. The Hall–Kier alpha value is -1.07. The first-order valence-corrected chi connectivity index (χ1v) is 7.58. The van der Waals surface area contributed by atoms with E-state index < -0.39 is 5.60 Å². The normalized spacial score (nSPS) is 11.1. The predicted octanol–water partition coefficient (Wildman–Crippen LogP) is 2.40. The molecule has 0 spiro atoms. The highest BCUT2D eigenvalue weighted by molar-refractivity contribution is 5.89. The van der Waals surface area contributed by atoms with E-state index >= 15 is 0 Å². The van der Waals surface area contributed by atoms with Crippen LogP contribution in [0.4, 0.5) is 0 Å². The van der Waals surface area contributed by atoms with Crippen molar-refractivity contribution in [1.29, 1.82) is 0 Å². The summed E-state index contributed by atoms with van der Waals surface area (Å²) in [7, 11) is 1.81. The van der Waals surface area contributed by atoms with Crippen LogP contribution in [0, 0.1) is 11.8 Å². The largest absolute Gasteiger partial charge is 0.383 e. The van der Waals surface area contributed by atoms with Crippen molar-refractivity contribution in [1.82, 2.24) is 5.32 Å². The van der Waals surface area contributed by atoms with Gasteiger partial charge in [0.25, 0.3) is 0 Å². The molecule has 0 unspecified atom stereocenters. The summed E-state index contributed by atoms with van der Waals surface area (Å²) in [6.45, 7) is 15.7. The van der Waals surface area contributed by atoms with Gasteiger partial charge in [0.2, 0.25) is 0 Å². The highest BCUT2D eigenvalue weighted by Crippen LogP contribution is 2.10. The van der Waals surface area contributed by atoms with Crippen molar-refractivity contribution in [3.63, 3.8) is 0 Å². The third kappa shape index (κ3) is 12.7. The second kappa shape index (κ2) is 11.5. The number of hydrogen-bond acceptors (Lipinski definition) is 5. The Morgan fingerprint density at radius 2 is 1.23 bits per heavy atom. The third-order valence-corrected chi connectivity index (χ3v) is 2.89. The smallest absolute Gasteiger partial charge is 0.166 e. The first-order chi connectivity index (χ1) is 9.68. The SMILES string of the molecule is CC(C)C(=O)C(C)(C)O.CC=O.CNC(C)(C)C(=O)C(C)C. The first-order valence-electron chi connectivity index (χ1n) is 7.58. The van der Waals surface area contributed by atoms with Crippen molar-refractivity contribution in [3.05, 3.63) is 0 Å². The predicted molar refractivity (Wildman–Crippen MR) is 90.9 cm³/mol. The molecule has 0 aromatic carbocycles. The van der Waals surface area contributed by atoms with Crippen LogP contribution < -0.4 is 5.32 Å². The zero-order valence-corrected chi connectivity index (χ0v) is 15.9. The van der Waals surface area contributed by atoms with Crippen LogP contribution >= 0.6 is 0 Å². The lowest BCUT2D eigenvalue weighted by molar-refractivity contribution is -0.137. The molecule has 0 atom stereocenters. The molecule has 0 fully saturated rings. The van der Waals surface area contributed by atoms with E-state index in [4.69, 9.17) is 9.90 Å². The van der Waals surface area contributed by atoms with Crippen LogP contribution in [0.5, 0.6) is 0 Å². The van der Waals surface area contributed by atoms with Gasteiger partial charge in [-0.2, -0.15) is 0 Å². The van der Waals surface area contributed by atoms with Gasteiger partial charge in [0.05, 0.1) is 5.54 Å². The third-order valence-electron chi connectivity index (χ3n) is 2.89. The van der Waals surface area contributed by atoms with E-state index in [2.05, 4.69) is 5.32 Å². The van der Waals surface area contributed by atoms with Gasteiger partial charge in [0.15, 0.2) is 11.6 Å². The number of aliphatic hydroxyl groups is 1. The number of nitrogens with one attached hydrogen (secondary N) is 1. The molecule has 0 aliphatic rings. The maximum absolute atomic E-state index is 11.3. The molecule has 2 N–H and O–H groups in total. The van der Waals surface area contributed by atoms with Gasteiger partial charge in [-0.25, -0.2) is 0 Å². The molecule has 0 aromatic heterocycles. The Balaban J connectivity index is -0.000000279. The van der Waals surface area contributed by atoms with E-state index in [0.717, 1.165) is 6.29 Å². The number of likely N-dealkylation sites (N-methyl/N-ethyl adjacent to an activating group) is 1. The van der Waals surface area contributed by atoms with Gasteiger partial charge < -0.3 is 15.2 Å². The monoisotopic (exact) mass is 317 g/mol. The molecule has 0 bridgehead atoms. The number of carbonyl (C=O) groups is 3. The minimum Gasteiger partial charge on any atom is -0.383 e. The van der Waals surface area contributed by atoms with Crippen molar-refractivity contribution in [2.24, 2.45) is 11.8 Å². The minimum atomic E-state index is -1.16. The lowest BCUT2D eigenvalue weighted by Crippen LogP contribution is -2.46. The molecule has 0 aliphatic carbocycles. The van der Waals surface area contributed by atoms with Crippen molar-refractivity contribution in [2.75, 3.05) is 7.05 Å². The molecule has 132 valence electrons. The summed E-state index contributed by atoms with van der Waals surface area (Å²) in [4.78, 5) is 31.1. The molecule has 22 heavy (non-hydrogen) atoms. The highest BCUT2D eigenvalue weighted by Gasteiger charge is 2.27. The van der Waals surface area contributed by atoms with Crippen LogP contribution in [-0.4, -0.2) is 41.1 Å². The molecular weight excluding hydrogens is 282 g/mol. The molecule has 0 saturated carbocycles. The van der Waals surface area contributed by atoms with Crippen molar-refractivity contribution < 1.29 is 19.5 Å². The van der Waals surface area contributed by atoms with Crippen molar-refractivity contribution in [2.45, 2.75) is 73.5 Å². The average Bonchev–Trinajstić information content (AvgIpc) is 2.37. The standard InChI is InChI=1S/C8H17NO.C7H14O2.C2H4O/c1-6(2)7(10)8(3,4)9-5;1-5(2)6(8)7(3,4)9;1-2-3/h6,9H,1-5H3;5,9H,1-4H3;2H,1H3. The van der Waals surface area contributed by atoms with Crippen LogP contribution in [0.2, 0.25) is 0 Å². The van der Waals surface area contributed by atoms with Gasteiger partial charge in [0, 0.05) is 11.8 Å². The van der Waals surface area contributed by atoms with Gasteiger partial charge in [-0.1, -0.05) is 27.7 Å². The minimum absolute atomic E-state index is 0.0787. The van der Waals surface area contributed by atoms with Gasteiger partial charge in [0.1, 0.15) is 11.9 Å². The van der Waals surface area contributed by atoms with E-state index in [9.17, 15) is 9.59 Å². The summed E-state index contributed by atoms with van der Waals surface area (Å²) in [5, 5.41) is 12.1. The molecule has 5 nitrogen and oxygen atoms in total. The molecule has 0 aromatic rings. The molecule has 0 saturated heterocycles. The van der Waals surface area contributed by atoms with Crippen LogP contribution in [0.25, 0.3) is 0 Å². The molecule has 0 aliphatic heterocycles. The Bertz CT molecular complexity index is 339. The Morgan fingerprint density at radius 3 is 1.27 bits per heavy atom. The molecule has 0 heterocycles. The van der Waals surface area contributed by atoms with E-state index in [1.165, 1.54) is 20.8 Å². The summed E-state index contributed by atoms with van der Waals surface area (Å²) in [6.07, 6.45) is 0.750. The van der Waals surface area contributed by atoms with Crippen LogP contribution in [0.1, 0.15) is 62.3 Å². The van der Waals surface area contributed by atoms with Crippen LogP contribution in [0.15, 0.2) is 0 Å². The summed E-state index contributed by atoms with van der Waals surface area (Å²) in [6, 6.07) is 0. The summed E-state index contributed by atoms with van der Waals surface area (Å²) in [5.41, 5.74) is -1.53. The molecular formula is C17H35NO4. The van der Waals surface area contributed by atoms with Gasteiger partial charge in [-0.15, -0.1) is 0 Å². The quantitative estimate of drug-likeness (QED) is 0.761. The number of hydrogen-bond donors (Lipinski definition) is 2. The number of carbonyl (C=O) groups excluding carboxylic acids is 3. The van der Waals surface area contributed by atoms with Gasteiger partial charge in [-0.3, -0.25) is 9.59 Å². The van der Waals surface area contributed by atoms with E-state index in [0.29, 0.717) is 0 Å². The zero-order chi connectivity index (χ0) is 18.7. The van der Waals surface area contributed by atoms with Crippen LogP contribution in [-0.2, 0) is 14.4 Å². The number of rotatable bonds is 5. The Kier molecular flexibility index (Phi) is 13.5. The number of ketones is 2. The van der Waals surface area contributed by atoms with E-state index in [1.807, 2.05) is 27.7 Å². The highest BCUT2D eigenvalue weighted by atomic mass is 16.3. The molecule has 0 amide bonds. The maximum Gasteiger partial charge on any atom is 0.166 e. The number of aldehydes is 1. The lowest BCUT2D eigenvalue weighted by atomic mass is 9.91. The second-order valence-electron chi connectivity index (χ2n) is 6.71. The van der Waals surface area contributed by atoms with Gasteiger partial charge in [-0.05, 0) is 41.7 Å². The van der Waals surface area contributed by atoms with Crippen molar-refractivity contribution >= 4 is 17.9 Å². The molecule has 0 rings (SSSR count). The lowest BCUT2D eigenvalue weighted by Gasteiger charge is -2.24. The van der Waals surface area contributed by atoms with E-state index in [1.54, 1.807) is 20.9 Å². The summed E-state index contributed by atoms with van der Waals surface area (Å²) >= 11 is 0. The topological polar surface area (TPSA) is 83.5 Å². The molecule has 0 radical (unpaired) electrons. The summed E-state index contributed by atoms with van der Waals surface area (Å²) < 4.78 is 0. The fraction of sp³-hybridized carbons (Fsp3) is 0.824. The maximum atomic E-state index is 11.3. The van der Waals surface area contributed by atoms with Gasteiger partial charge >= 0.3 is 0 Å². The molecule has 5 heteroatoms. The number of Topliss-reactive ketones (excluding diaryl/α,β-unsaturated/α-hetero) is 2. The first kappa shape index (κ1) is 25.9. The van der Waals surface area contributed by atoms with Crippen LogP contribution in [0.3, 0.4) is 0 Å². The summed E-state index contributed by atoms with van der Waals surface area (Å²) in [5.74, 6) is 0.185. The Labute approximate surface area is 135 Å². The Morgan fingerprint density at radius 1 is 0.955 bits per heavy atom.